The van der Waals surface area contributed by atoms with Gasteiger partial charge in [-0.25, -0.2) is 4.98 Å². The number of aromatic amines is 1. The number of ether oxygens (including phenoxy) is 1. The van der Waals surface area contributed by atoms with Crippen molar-refractivity contribution < 1.29 is 9.84 Å². The molecule has 2 aromatic heterocycles. The van der Waals surface area contributed by atoms with Gasteiger partial charge in [-0.05, 0) is 51.5 Å². The number of aromatic nitrogens is 2. The minimum Gasteiger partial charge on any atom is -0.389 e. The molecule has 2 N–H and O–H groups in total. The molecule has 150 valence electrons. The summed E-state index contributed by atoms with van der Waals surface area (Å²) >= 11 is 1.67. The molecule has 1 aliphatic carbocycles. The monoisotopic (exact) mass is 393 g/mol. The Morgan fingerprint density at radius 2 is 2.22 bits per heavy atom. The first-order chi connectivity index (χ1) is 12.9. The average molecular weight is 394 g/mol. The standard InChI is InChI=1S/C20H31N3O3S/c1-5-26-11-14(24)9-23(12(2)3)10-17-21-19(25)18-15-7-6-13(4)8-16(15)27-20(18)22-17/h12-14,24H,5-11H2,1-4H3,(H,21,22,25)/t13-,14-/m1/s1. The van der Waals surface area contributed by atoms with Gasteiger partial charge in [-0.1, -0.05) is 6.92 Å². The van der Waals surface area contributed by atoms with E-state index in [1.807, 2.05) is 6.92 Å². The minimum absolute atomic E-state index is 0.0272. The van der Waals surface area contributed by atoms with Gasteiger partial charge in [-0.15, -0.1) is 11.3 Å². The maximum Gasteiger partial charge on any atom is 0.259 e. The summed E-state index contributed by atoms with van der Waals surface area (Å²) in [6, 6.07) is 0.222. The van der Waals surface area contributed by atoms with Gasteiger partial charge in [0.15, 0.2) is 0 Å². The summed E-state index contributed by atoms with van der Waals surface area (Å²) in [7, 11) is 0. The molecule has 27 heavy (non-hydrogen) atoms. The largest absolute Gasteiger partial charge is 0.389 e. The van der Waals surface area contributed by atoms with Gasteiger partial charge in [0.25, 0.3) is 5.56 Å². The van der Waals surface area contributed by atoms with E-state index in [2.05, 4.69) is 30.7 Å². The zero-order chi connectivity index (χ0) is 19.6. The zero-order valence-corrected chi connectivity index (χ0v) is 17.6. The number of thiophene rings is 1. The average Bonchev–Trinajstić information content (AvgIpc) is 2.96. The van der Waals surface area contributed by atoms with Crippen molar-refractivity contribution in [3.05, 3.63) is 26.6 Å². The fourth-order valence-electron chi connectivity index (χ4n) is 3.70. The van der Waals surface area contributed by atoms with Crippen molar-refractivity contribution in [2.45, 2.75) is 65.6 Å². The maximum absolute atomic E-state index is 12.8. The molecule has 2 heterocycles. The van der Waals surface area contributed by atoms with E-state index < -0.39 is 6.10 Å². The Morgan fingerprint density at radius 1 is 1.44 bits per heavy atom. The van der Waals surface area contributed by atoms with Crippen molar-refractivity contribution in [3.63, 3.8) is 0 Å². The van der Waals surface area contributed by atoms with E-state index in [0.717, 1.165) is 29.5 Å². The molecule has 3 rings (SSSR count). The molecule has 2 aromatic rings. The lowest BCUT2D eigenvalue weighted by Crippen LogP contribution is -2.39. The van der Waals surface area contributed by atoms with Crippen LogP contribution in [0.15, 0.2) is 4.79 Å². The summed E-state index contributed by atoms with van der Waals surface area (Å²) in [6.07, 6.45) is 2.60. The van der Waals surface area contributed by atoms with E-state index in [1.54, 1.807) is 11.3 Å². The first kappa shape index (κ1) is 20.5. The molecule has 7 heteroatoms. The summed E-state index contributed by atoms with van der Waals surface area (Å²) in [5.41, 5.74) is 1.18. The van der Waals surface area contributed by atoms with E-state index in [0.29, 0.717) is 38.0 Å². The summed E-state index contributed by atoms with van der Waals surface area (Å²) < 4.78 is 5.31. The van der Waals surface area contributed by atoms with Crippen LogP contribution in [0.4, 0.5) is 0 Å². The zero-order valence-electron chi connectivity index (χ0n) is 16.7. The van der Waals surface area contributed by atoms with E-state index in [1.165, 1.54) is 10.4 Å². The van der Waals surface area contributed by atoms with Crippen LogP contribution in [0.3, 0.4) is 0 Å². The second-order valence-electron chi connectivity index (χ2n) is 7.88. The van der Waals surface area contributed by atoms with Crippen molar-refractivity contribution in [2.75, 3.05) is 19.8 Å². The molecule has 0 aliphatic heterocycles. The molecule has 0 aromatic carbocycles. The first-order valence-corrected chi connectivity index (χ1v) is 10.7. The SMILES string of the molecule is CCOC[C@H](O)CN(Cc1nc2sc3c(c2c(=O)[nH]1)CC[C@@H](C)C3)C(C)C. The van der Waals surface area contributed by atoms with E-state index in [9.17, 15) is 9.90 Å². The van der Waals surface area contributed by atoms with Crippen LogP contribution in [0.1, 0.15) is 50.4 Å². The number of H-pyrrole nitrogens is 1. The van der Waals surface area contributed by atoms with Crippen molar-refractivity contribution in [1.82, 2.24) is 14.9 Å². The number of hydrogen-bond donors (Lipinski definition) is 2. The number of rotatable bonds is 8. The number of hydrogen-bond acceptors (Lipinski definition) is 6. The van der Waals surface area contributed by atoms with Crippen molar-refractivity contribution >= 4 is 21.6 Å². The lowest BCUT2D eigenvalue weighted by molar-refractivity contribution is 0.0127. The Kier molecular flexibility index (Phi) is 6.68. The highest BCUT2D eigenvalue weighted by atomic mass is 32.1. The summed E-state index contributed by atoms with van der Waals surface area (Å²) in [6.45, 7) is 10.2. The smallest absolute Gasteiger partial charge is 0.259 e. The van der Waals surface area contributed by atoms with Gasteiger partial charge in [0.05, 0.1) is 24.6 Å². The van der Waals surface area contributed by atoms with Crippen molar-refractivity contribution in [1.29, 1.82) is 0 Å². The lowest BCUT2D eigenvalue weighted by atomic mass is 9.89. The Labute approximate surface area is 164 Å². The third-order valence-corrected chi connectivity index (χ3v) is 6.41. The van der Waals surface area contributed by atoms with Gasteiger partial charge in [0.1, 0.15) is 10.7 Å². The van der Waals surface area contributed by atoms with Crippen molar-refractivity contribution in [3.8, 4) is 0 Å². The third-order valence-electron chi connectivity index (χ3n) is 5.26. The van der Waals surface area contributed by atoms with Gasteiger partial charge >= 0.3 is 0 Å². The van der Waals surface area contributed by atoms with Gasteiger partial charge in [-0.2, -0.15) is 0 Å². The topological polar surface area (TPSA) is 78.5 Å². The maximum atomic E-state index is 12.8. The number of aryl methyl sites for hydroxylation is 1. The molecule has 2 atom stereocenters. The molecule has 1 aliphatic rings. The fourth-order valence-corrected chi connectivity index (χ4v) is 5.10. The van der Waals surface area contributed by atoms with E-state index in [-0.39, 0.29) is 11.6 Å². The molecule has 0 fully saturated rings. The second-order valence-corrected chi connectivity index (χ2v) is 8.96. The Morgan fingerprint density at radius 3 is 2.93 bits per heavy atom. The summed E-state index contributed by atoms with van der Waals surface area (Å²) in [4.78, 5) is 24.8. The normalized spacial score (nSPS) is 18.4. The Balaban J connectivity index is 1.82. The molecule has 0 spiro atoms. The molecular formula is C20H31N3O3S. The Hall–Kier alpha value is -1.28. The second kappa shape index (κ2) is 8.82. The van der Waals surface area contributed by atoms with Crippen LogP contribution in [0.2, 0.25) is 0 Å². The number of aliphatic hydroxyl groups is 1. The predicted molar refractivity (Wildman–Crippen MR) is 109 cm³/mol. The molecule has 0 amide bonds. The number of fused-ring (bicyclic) bond motifs is 3. The minimum atomic E-state index is -0.557. The number of aliphatic hydroxyl groups excluding tert-OH is 1. The van der Waals surface area contributed by atoms with Gasteiger partial charge < -0.3 is 14.8 Å². The number of nitrogens with one attached hydrogen (secondary N) is 1. The fraction of sp³-hybridized carbons (Fsp3) is 0.700. The molecule has 6 nitrogen and oxygen atoms in total. The summed E-state index contributed by atoms with van der Waals surface area (Å²) in [5.74, 6) is 1.34. The summed E-state index contributed by atoms with van der Waals surface area (Å²) in [5, 5.41) is 11.0. The van der Waals surface area contributed by atoms with Crippen molar-refractivity contribution in [2.24, 2.45) is 5.92 Å². The van der Waals surface area contributed by atoms with E-state index in [4.69, 9.17) is 9.72 Å². The Bertz CT molecular complexity index is 830. The highest BCUT2D eigenvalue weighted by Crippen LogP contribution is 2.35. The molecule has 0 saturated carbocycles. The number of nitrogens with zero attached hydrogens (tertiary/aromatic N) is 2. The highest BCUT2D eigenvalue weighted by Gasteiger charge is 2.24. The van der Waals surface area contributed by atoms with E-state index >= 15 is 0 Å². The quantitative estimate of drug-likeness (QED) is 0.721. The van der Waals surface area contributed by atoms with Gasteiger partial charge in [-0.3, -0.25) is 9.69 Å². The molecule has 0 saturated heterocycles. The van der Waals surface area contributed by atoms with Gasteiger partial charge in [0, 0.05) is 24.1 Å². The van der Waals surface area contributed by atoms with Crippen LogP contribution in [-0.4, -0.2) is 51.9 Å². The third kappa shape index (κ3) is 4.77. The van der Waals surface area contributed by atoms with Crippen LogP contribution in [0.5, 0.6) is 0 Å². The van der Waals surface area contributed by atoms with Crippen LogP contribution >= 0.6 is 11.3 Å². The van der Waals surface area contributed by atoms with Crippen LogP contribution in [0.25, 0.3) is 10.2 Å². The molecule has 0 unspecified atom stereocenters. The predicted octanol–water partition coefficient (Wildman–Crippen LogP) is 2.72. The molecule has 0 radical (unpaired) electrons. The van der Waals surface area contributed by atoms with Crippen LogP contribution in [0, 0.1) is 5.92 Å². The molecule has 0 bridgehead atoms. The van der Waals surface area contributed by atoms with Gasteiger partial charge in [0.2, 0.25) is 0 Å². The highest BCUT2D eigenvalue weighted by molar-refractivity contribution is 7.18. The molecular weight excluding hydrogens is 362 g/mol. The van der Waals surface area contributed by atoms with Crippen LogP contribution < -0.4 is 5.56 Å². The first-order valence-electron chi connectivity index (χ1n) is 9.92. The lowest BCUT2D eigenvalue weighted by Gasteiger charge is -2.28. The van der Waals surface area contributed by atoms with Crippen LogP contribution in [-0.2, 0) is 24.1 Å².